The van der Waals surface area contributed by atoms with Crippen molar-refractivity contribution >= 4 is 10.0 Å². The number of aryl methyl sites for hydroxylation is 2. The minimum Gasteiger partial charge on any atom is -0.443 e. The maximum absolute atomic E-state index is 13.2. The lowest BCUT2D eigenvalue weighted by Gasteiger charge is -2.06. The van der Waals surface area contributed by atoms with Crippen LogP contribution in [0.2, 0.25) is 0 Å². The molecule has 148 valence electrons. The van der Waals surface area contributed by atoms with Gasteiger partial charge in [0, 0.05) is 29.4 Å². The third-order valence-electron chi connectivity index (χ3n) is 4.20. The molecule has 0 radical (unpaired) electrons. The van der Waals surface area contributed by atoms with Crippen LogP contribution in [-0.2, 0) is 23.0 Å². The smallest absolute Gasteiger partial charge is 0.274 e. The fourth-order valence-corrected chi connectivity index (χ4v) is 3.70. The van der Waals surface area contributed by atoms with E-state index in [0.29, 0.717) is 29.3 Å². The van der Waals surface area contributed by atoms with Gasteiger partial charge in [-0.25, -0.2) is 21.9 Å². The fraction of sp³-hybridized carbons (Fsp3) is 0.211. The van der Waals surface area contributed by atoms with Crippen molar-refractivity contribution in [1.82, 2.24) is 9.71 Å². The summed E-state index contributed by atoms with van der Waals surface area (Å²) < 4.78 is 59.0. The van der Waals surface area contributed by atoms with Crippen LogP contribution in [0, 0.1) is 18.6 Å². The van der Waals surface area contributed by atoms with Crippen LogP contribution in [0.25, 0.3) is 11.3 Å². The average Bonchev–Trinajstić information content (AvgIpc) is 3.10. The van der Waals surface area contributed by atoms with E-state index in [1.54, 1.807) is 13.0 Å². The Labute approximate surface area is 160 Å². The van der Waals surface area contributed by atoms with Gasteiger partial charge in [0.05, 0.1) is 0 Å². The van der Waals surface area contributed by atoms with Gasteiger partial charge < -0.3 is 9.40 Å². The molecule has 2 heterocycles. The molecule has 0 fully saturated rings. The quantitative estimate of drug-likeness (QED) is 0.655. The number of aromatic amines is 1. The van der Waals surface area contributed by atoms with Gasteiger partial charge in [0.15, 0.2) is 0 Å². The first-order valence-electron chi connectivity index (χ1n) is 8.47. The number of H-pyrrole nitrogens is 1. The van der Waals surface area contributed by atoms with Gasteiger partial charge in [-0.15, -0.1) is 0 Å². The summed E-state index contributed by atoms with van der Waals surface area (Å²) in [6, 6.07) is 7.20. The van der Waals surface area contributed by atoms with E-state index >= 15 is 0 Å². The van der Waals surface area contributed by atoms with E-state index in [4.69, 9.17) is 4.42 Å². The lowest BCUT2D eigenvalue weighted by Crippen LogP contribution is -2.22. The number of rotatable bonds is 6. The fourth-order valence-electron chi connectivity index (χ4n) is 2.76. The van der Waals surface area contributed by atoms with Gasteiger partial charge >= 0.3 is 0 Å². The molecule has 6 nitrogen and oxygen atoms in total. The summed E-state index contributed by atoms with van der Waals surface area (Å²) in [7, 11) is -4.04. The predicted octanol–water partition coefficient (Wildman–Crippen LogP) is 3.26. The van der Waals surface area contributed by atoms with Gasteiger partial charge in [-0.3, -0.25) is 4.79 Å². The maximum Gasteiger partial charge on any atom is 0.274 e. The molecule has 0 spiro atoms. The van der Waals surface area contributed by atoms with Gasteiger partial charge in [0.2, 0.25) is 5.09 Å². The van der Waals surface area contributed by atoms with Crippen molar-refractivity contribution in [3.63, 3.8) is 0 Å². The Bertz CT molecular complexity index is 1160. The molecule has 0 unspecified atom stereocenters. The number of hydrogen-bond donors (Lipinski definition) is 2. The first-order chi connectivity index (χ1) is 13.2. The molecule has 0 bridgehead atoms. The standard InChI is InChI=1S/C19H18F2N2O4S/c1-3-13-8-16(11(2)23-19(13)24)17-4-5-18(27-17)28(25,26)22-10-12-6-14(20)9-15(21)7-12/h4-9,22H,3,10H2,1-2H3,(H,23,24). The van der Waals surface area contributed by atoms with Crippen LogP contribution in [0.5, 0.6) is 0 Å². The normalized spacial score (nSPS) is 11.7. The van der Waals surface area contributed by atoms with Gasteiger partial charge in [-0.2, -0.15) is 0 Å². The van der Waals surface area contributed by atoms with Crippen molar-refractivity contribution in [3.8, 4) is 11.3 Å². The van der Waals surface area contributed by atoms with Gasteiger partial charge in [0.1, 0.15) is 17.4 Å². The Morgan fingerprint density at radius 1 is 1.11 bits per heavy atom. The minimum absolute atomic E-state index is 0.136. The topological polar surface area (TPSA) is 92.2 Å². The predicted molar refractivity (Wildman–Crippen MR) is 99.3 cm³/mol. The second-order valence-corrected chi connectivity index (χ2v) is 7.93. The molecular formula is C19H18F2N2O4S. The molecule has 3 rings (SSSR count). The summed E-state index contributed by atoms with van der Waals surface area (Å²) >= 11 is 0. The Balaban J connectivity index is 1.85. The molecule has 0 atom stereocenters. The second kappa shape index (κ2) is 7.69. The summed E-state index contributed by atoms with van der Waals surface area (Å²) in [5.41, 5.74) is 1.60. The monoisotopic (exact) mass is 408 g/mol. The molecule has 0 saturated carbocycles. The molecule has 0 saturated heterocycles. The van der Waals surface area contributed by atoms with E-state index in [-0.39, 0.29) is 28.5 Å². The molecule has 0 aliphatic rings. The Morgan fingerprint density at radius 2 is 1.79 bits per heavy atom. The SMILES string of the molecule is CCc1cc(-c2ccc(S(=O)(=O)NCc3cc(F)cc(F)c3)o2)c(C)[nH]c1=O. The summed E-state index contributed by atoms with van der Waals surface area (Å²) in [6.07, 6.45) is 0.514. The van der Waals surface area contributed by atoms with E-state index in [9.17, 15) is 22.0 Å². The van der Waals surface area contributed by atoms with E-state index < -0.39 is 21.7 Å². The number of sulfonamides is 1. The zero-order valence-electron chi connectivity index (χ0n) is 15.2. The summed E-state index contributed by atoms with van der Waals surface area (Å²) in [5, 5.41) is -0.344. The number of furan rings is 1. The van der Waals surface area contributed by atoms with Gasteiger partial charge in [-0.05, 0) is 49.2 Å². The Kier molecular flexibility index (Phi) is 5.48. The third kappa shape index (κ3) is 4.20. The van der Waals surface area contributed by atoms with Crippen molar-refractivity contribution in [2.24, 2.45) is 0 Å². The molecule has 0 aliphatic heterocycles. The highest BCUT2D eigenvalue weighted by molar-refractivity contribution is 7.89. The molecule has 2 N–H and O–H groups in total. The van der Waals surface area contributed by atoms with Crippen LogP contribution in [0.15, 0.2) is 50.7 Å². The van der Waals surface area contributed by atoms with E-state index in [2.05, 4.69) is 9.71 Å². The van der Waals surface area contributed by atoms with Crippen LogP contribution in [0.4, 0.5) is 8.78 Å². The number of hydrogen-bond acceptors (Lipinski definition) is 4. The molecule has 1 aromatic carbocycles. The highest BCUT2D eigenvalue weighted by atomic mass is 32.2. The van der Waals surface area contributed by atoms with Crippen LogP contribution in [0.3, 0.4) is 0 Å². The third-order valence-corrected chi connectivity index (χ3v) is 5.47. The molecular weight excluding hydrogens is 390 g/mol. The zero-order valence-corrected chi connectivity index (χ0v) is 16.0. The van der Waals surface area contributed by atoms with Gasteiger partial charge in [0.25, 0.3) is 15.6 Å². The minimum atomic E-state index is -4.04. The molecule has 0 aliphatic carbocycles. The van der Waals surface area contributed by atoms with Crippen LogP contribution in [0.1, 0.15) is 23.7 Å². The molecule has 2 aromatic heterocycles. The Morgan fingerprint density at radius 3 is 2.43 bits per heavy atom. The van der Waals surface area contributed by atoms with Crippen LogP contribution >= 0.6 is 0 Å². The number of nitrogens with one attached hydrogen (secondary N) is 2. The largest absolute Gasteiger partial charge is 0.443 e. The number of aromatic nitrogens is 1. The summed E-state index contributed by atoms with van der Waals surface area (Å²) in [5.74, 6) is -1.31. The van der Waals surface area contributed by atoms with E-state index in [0.717, 1.165) is 12.1 Å². The highest BCUT2D eigenvalue weighted by Gasteiger charge is 2.20. The van der Waals surface area contributed by atoms with Crippen molar-refractivity contribution in [1.29, 1.82) is 0 Å². The van der Waals surface area contributed by atoms with Crippen molar-refractivity contribution < 1.29 is 21.6 Å². The van der Waals surface area contributed by atoms with Crippen LogP contribution < -0.4 is 10.3 Å². The van der Waals surface area contributed by atoms with Crippen LogP contribution in [-0.4, -0.2) is 13.4 Å². The second-order valence-electron chi connectivity index (χ2n) is 6.24. The maximum atomic E-state index is 13.2. The first kappa shape index (κ1) is 20.0. The summed E-state index contributed by atoms with van der Waals surface area (Å²) in [4.78, 5) is 14.6. The first-order valence-corrected chi connectivity index (χ1v) is 9.95. The number of pyridine rings is 1. The lowest BCUT2D eigenvalue weighted by molar-refractivity contribution is 0.455. The number of benzene rings is 1. The van der Waals surface area contributed by atoms with E-state index in [1.807, 2.05) is 6.92 Å². The summed E-state index contributed by atoms with van der Waals surface area (Å²) in [6.45, 7) is 3.22. The van der Waals surface area contributed by atoms with Crippen molar-refractivity contribution in [3.05, 3.63) is 75.2 Å². The lowest BCUT2D eigenvalue weighted by atomic mass is 10.1. The molecule has 28 heavy (non-hydrogen) atoms. The van der Waals surface area contributed by atoms with Crippen molar-refractivity contribution in [2.75, 3.05) is 0 Å². The van der Waals surface area contributed by atoms with E-state index in [1.165, 1.54) is 12.1 Å². The molecule has 9 heteroatoms. The number of halogens is 2. The average molecular weight is 408 g/mol. The Hall–Kier alpha value is -2.78. The molecule has 0 amide bonds. The highest BCUT2D eigenvalue weighted by Crippen LogP contribution is 2.26. The van der Waals surface area contributed by atoms with Gasteiger partial charge in [-0.1, -0.05) is 6.92 Å². The van der Waals surface area contributed by atoms with Crippen molar-refractivity contribution in [2.45, 2.75) is 31.9 Å². The zero-order chi connectivity index (χ0) is 20.5. The molecule has 3 aromatic rings.